The van der Waals surface area contributed by atoms with Gasteiger partial charge >= 0.3 is 0 Å². The summed E-state index contributed by atoms with van der Waals surface area (Å²) in [4.78, 5) is 21.5. The van der Waals surface area contributed by atoms with E-state index in [-0.39, 0.29) is 22.4 Å². The number of thiophene rings is 1. The largest absolute Gasteiger partial charge is 0.377 e. The zero-order valence-electron chi connectivity index (χ0n) is 17.1. The molecule has 0 aromatic carbocycles. The molecule has 0 bridgehead atoms. The lowest BCUT2D eigenvalue weighted by molar-refractivity contribution is 0.0844. The predicted octanol–water partition coefficient (Wildman–Crippen LogP) is 2.49. The van der Waals surface area contributed by atoms with E-state index in [1.165, 1.54) is 11.3 Å². The number of rotatable bonds is 3. The maximum atomic E-state index is 13.2. The lowest BCUT2D eigenvalue weighted by atomic mass is 10.1. The lowest BCUT2D eigenvalue weighted by Crippen LogP contribution is -2.51. The first-order chi connectivity index (χ1) is 13.2. The molecule has 4 rings (SSSR count). The number of fused-ring (bicyclic) bond motifs is 4. The van der Waals surface area contributed by atoms with Crippen LogP contribution in [0.3, 0.4) is 0 Å². The Morgan fingerprint density at radius 2 is 2.11 bits per heavy atom. The average molecular weight is 425 g/mol. The molecule has 0 aliphatic carbocycles. The van der Waals surface area contributed by atoms with Gasteiger partial charge in [0.15, 0.2) is 0 Å². The van der Waals surface area contributed by atoms with Gasteiger partial charge in [0.05, 0.1) is 40.5 Å². The number of ether oxygens (including phenoxy) is 1. The third-order valence-electron chi connectivity index (χ3n) is 5.44. The van der Waals surface area contributed by atoms with Crippen LogP contribution in [0.25, 0.3) is 10.2 Å². The van der Waals surface area contributed by atoms with Gasteiger partial charge in [-0.1, -0.05) is 0 Å². The Bertz CT molecular complexity index is 992. The van der Waals surface area contributed by atoms with Crippen LogP contribution in [0.2, 0.25) is 0 Å². The van der Waals surface area contributed by atoms with Gasteiger partial charge in [-0.25, -0.2) is 13.9 Å². The molecule has 2 aromatic rings. The number of morpholine rings is 1. The minimum Gasteiger partial charge on any atom is -0.377 e. The number of nitrogens with one attached hydrogen (secondary N) is 1. The molecular formula is C19H28N4O3S2. The van der Waals surface area contributed by atoms with E-state index in [0.29, 0.717) is 24.5 Å². The first-order valence-corrected chi connectivity index (χ1v) is 11.7. The maximum absolute atomic E-state index is 13.2. The van der Waals surface area contributed by atoms with E-state index in [2.05, 4.69) is 9.62 Å². The molecule has 0 unspecified atom stereocenters. The summed E-state index contributed by atoms with van der Waals surface area (Å²) in [6.45, 7) is 12.6. The van der Waals surface area contributed by atoms with Crippen molar-refractivity contribution >= 4 is 38.5 Å². The maximum Gasteiger partial charge on any atom is 0.272 e. The molecule has 0 amide bonds. The number of aromatic nitrogens is 2. The molecule has 1 fully saturated rings. The number of nitrogens with zero attached hydrogens (tertiary/aromatic N) is 3. The van der Waals surface area contributed by atoms with E-state index >= 15 is 0 Å². The van der Waals surface area contributed by atoms with Crippen LogP contribution in [-0.4, -0.2) is 44.3 Å². The van der Waals surface area contributed by atoms with Crippen molar-refractivity contribution in [1.82, 2.24) is 14.3 Å². The van der Waals surface area contributed by atoms with Crippen molar-refractivity contribution in [3.05, 3.63) is 20.8 Å². The number of aryl methyl sites for hydroxylation is 1. The van der Waals surface area contributed by atoms with E-state index in [4.69, 9.17) is 9.72 Å². The van der Waals surface area contributed by atoms with Crippen LogP contribution in [0.1, 0.15) is 50.6 Å². The lowest BCUT2D eigenvalue weighted by Gasteiger charge is -2.40. The molecule has 7 nitrogen and oxygen atoms in total. The average Bonchev–Trinajstić information content (AvgIpc) is 2.97. The third kappa shape index (κ3) is 3.32. The van der Waals surface area contributed by atoms with E-state index in [9.17, 15) is 9.00 Å². The van der Waals surface area contributed by atoms with Gasteiger partial charge in [-0.15, -0.1) is 11.3 Å². The zero-order valence-corrected chi connectivity index (χ0v) is 18.7. The van der Waals surface area contributed by atoms with Gasteiger partial charge in [-0.05, 0) is 41.0 Å². The highest BCUT2D eigenvalue weighted by Gasteiger charge is 2.33. The second kappa shape index (κ2) is 7.19. The molecule has 9 heteroatoms. The summed E-state index contributed by atoms with van der Waals surface area (Å²) in [7, 11) is -1.20. The molecule has 0 saturated carbocycles. The fourth-order valence-corrected chi connectivity index (χ4v) is 5.87. The standard InChI is InChI=1S/C19H28N4O3S2/c1-11(21-28(25)19(3,4)5)14-12(2)27-16-15(14)20-18-22-8-9-26-10-13(22)6-7-23(18)17(16)24/h11,13,21H,6-10H2,1-5H3/t11-,13+,28-/m1/s1. The van der Waals surface area contributed by atoms with E-state index in [1.54, 1.807) is 0 Å². The minimum atomic E-state index is -1.20. The van der Waals surface area contributed by atoms with E-state index < -0.39 is 11.0 Å². The minimum absolute atomic E-state index is 0.0356. The first-order valence-electron chi connectivity index (χ1n) is 9.74. The zero-order chi connectivity index (χ0) is 20.2. The molecular weight excluding hydrogens is 396 g/mol. The normalized spacial score (nSPS) is 22.0. The van der Waals surface area contributed by atoms with Gasteiger partial charge in [0.25, 0.3) is 5.56 Å². The first kappa shape index (κ1) is 20.0. The van der Waals surface area contributed by atoms with Crippen molar-refractivity contribution in [1.29, 1.82) is 0 Å². The van der Waals surface area contributed by atoms with Gasteiger partial charge < -0.3 is 9.64 Å². The topological polar surface area (TPSA) is 76.5 Å². The van der Waals surface area contributed by atoms with Crippen molar-refractivity contribution in [2.45, 2.75) is 64.4 Å². The van der Waals surface area contributed by atoms with Crippen LogP contribution in [0, 0.1) is 6.92 Å². The van der Waals surface area contributed by atoms with E-state index in [1.807, 2.05) is 39.2 Å². The summed E-state index contributed by atoms with van der Waals surface area (Å²) in [5, 5.41) is 0. The quantitative estimate of drug-likeness (QED) is 0.819. The van der Waals surface area contributed by atoms with Crippen LogP contribution < -0.4 is 15.2 Å². The number of hydrogen-bond donors (Lipinski definition) is 1. The number of hydrogen-bond acceptors (Lipinski definition) is 6. The predicted molar refractivity (Wildman–Crippen MR) is 115 cm³/mol. The van der Waals surface area contributed by atoms with Crippen molar-refractivity contribution in [2.24, 2.45) is 0 Å². The summed E-state index contributed by atoms with van der Waals surface area (Å²) >= 11 is 1.49. The van der Waals surface area contributed by atoms with Gasteiger partial charge in [0, 0.05) is 29.6 Å². The van der Waals surface area contributed by atoms with Crippen LogP contribution in [0.4, 0.5) is 5.95 Å². The third-order valence-corrected chi connectivity index (χ3v) is 8.22. The Morgan fingerprint density at radius 3 is 2.82 bits per heavy atom. The van der Waals surface area contributed by atoms with Crippen molar-refractivity contribution in [3.63, 3.8) is 0 Å². The van der Waals surface area contributed by atoms with Gasteiger partial charge in [-0.2, -0.15) is 0 Å². The molecule has 154 valence electrons. The molecule has 0 radical (unpaired) electrons. The van der Waals surface area contributed by atoms with Crippen LogP contribution in [0.5, 0.6) is 0 Å². The summed E-state index contributed by atoms with van der Waals surface area (Å²) in [5.41, 5.74) is 1.76. The van der Waals surface area contributed by atoms with Crippen molar-refractivity contribution in [3.8, 4) is 0 Å². The number of anilines is 1. The molecule has 2 aliphatic heterocycles. The van der Waals surface area contributed by atoms with Crippen molar-refractivity contribution in [2.75, 3.05) is 24.7 Å². The van der Waals surface area contributed by atoms with Crippen LogP contribution in [-0.2, 0) is 22.3 Å². The summed E-state index contributed by atoms with van der Waals surface area (Å²) < 4.78 is 23.6. The Labute approximate surface area is 171 Å². The second-order valence-electron chi connectivity index (χ2n) is 8.55. The fourth-order valence-electron chi connectivity index (χ4n) is 3.94. The molecule has 28 heavy (non-hydrogen) atoms. The van der Waals surface area contributed by atoms with Gasteiger partial charge in [0.1, 0.15) is 4.70 Å². The molecule has 2 aliphatic rings. The summed E-state index contributed by atoms with van der Waals surface area (Å²) in [5.74, 6) is 0.750. The van der Waals surface area contributed by atoms with Crippen molar-refractivity contribution < 1.29 is 8.95 Å². The second-order valence-corrected chi connectivity index (χ2v) is 11.8. The molecule has 1 saturated heterocycles. The Balaban J connectivity index is 1.81. The van der Waals surface area contributed by atoms with E-state index in [0.717, 1.165) is 34.9 Å². The van der Waals surface area contributed by atoms with Crippen LogP contribution >= 0.6 is 11.3 Å². The fraction of sp³-hybridized carbons (Fsp3) is 0.684. The van der Waals surface area contributed by atoms with Gasteiger partial charge in [0.2, 0.25) is 5.95 Å². The Kier molecular flexibility index (Phi) is 5.14. The molecule has 1 N–H and O–H groups in total. The monoisotopic (exact) mass is 424 g/mol. The summed E-state index contributed by atoms with van der Waals surface area (Å²) in [6.07, 6.45) is 0.903. The Hall–Kier alpha value is -1.29. The Morgan fingerprint density at radius 1 is 1.36 bits per heavy atom. The van der Waals surface area contributed by atoms with Crippen LogP contribution in [0.15, 0.2) is 4.79 Å². The summed E-state index contributed by atoms with van der Waals surface area (Å²) in [6, 6.07) is 0.123. The molecule has 2 aromatic heterocycles. The smallest absolute Gasteiger partial charge is 0.272 e. The molecule has 3 atom stereocenters. The molecule has 0 spiro atoms. The highest BCUT2D eigenvalue weighted by atomic mass is 32.2. The molecule has 4 heterocycles. The van der Waals surface area contributed by atoms with Gasteiger partial charge in [-0.3, -0.25) is 9.36 Å². The highest BCUT2D eigenvalue weighted by Crippen LogP contribution is 2.35. The highest BCUT2D eigenvalue weighted by molar-refractivity contribution is 7.84. The SMILES string of the molecule is Cc1sc2c(=O)n3c(nc2c1[C@@H](C)N[S@](=O)C(C)(C)C)N1CCOC[C@@H]1CC3.